The van der Waals surface area contributed by atoms with Crippen molar-refractivity contribution in [2.75, 3.05) is 20.8 Å². The first-order valence-electron chi connectivity index (χ1n) is 11.0. The van der Waals surface area contributed by atoms with Crippen LogP contribution in [0.3, 0.4) is 0 Å². The number of hydrogen-bond donors (Lipinski definition) is 0. The number of benzene rings is 1. The molecule has 4 nitrogen and oxygen atoms in total. The van der Waals surface area contributed by atoms with Crippen molar-refractivity contribution in [3.05, 3.63) is 41.5 Å². The molecule has 0 aromatic heterocycles. The second-order valence-electron chi connectivity index (χ2n) is 9.18. The molecule has 5 atom stereocenters. The van der Waals surface area contributed by atoms with Gasteiger partial charge in [-0.15, -0.1) is 0 Å². The van der Waals surface area contributed by atoms with Crippen LogP contribution in [0, 0.1) is 17.8 Å². The molecule has 1 heterocycles. The Hall–Kier alpha value is -1.36. The van der Waals surface area contributed by atoms with Gasteiger partial charge in [0.1, 0.15) is 11.4 Å². The van der Waals surface area contributed by atoms with E-state index in [1.807, 2.05) is 19.2 Å². The molecule has 1 aromatic carbocycles. The molecule has 1 aromatic rings. The van der Waals surface area contributed by atoms with Crippen molar-refractivity contribution in [3.63, 3.8) is 0 Å². The van der Waals surface area contributed by atoms with Crippen LogP contribution >= 0.6 is 0 Å². The molecule has 2 aliphatic rings. The lowest BCUT2D eigenvalue weighted by molar-refractivity contribution is -0.134. The molecule has 0 N–H and O–H groups in total. The second-order valence-corrected chi connectivity index (χ2v) is 9.18. The third-order valence-corrected chi connectivity index (χ3v) is 6.72. The van der Waals surface area contributed by atoms with E-state index in [0.29, 0.717) is 18.4 Å². The number of hydrogen-bond acceptors (Lipinski definition) is 4. The molecule has 29 heavy (non-hydrogen) atoms. The minimum absolute atomic E-state index is 0.0160. The molecule has 1 spiro atoms. The zero-order valence-electron chi connectivity index (χ0n) is 18.9. The molecule has 2 fully saturated rings. The Bertz CT molecular complexity index is 675. The van der Waals surface area contributed by atoms with Crippen LogP contribution in [0.15, 0.2) is 35.9 Å². The quantitative estimate of drug-likeness (QED) is 0.409. The van der Waals surface area contributed by atoms with E-state index < -0.39 is 0 Å². The molecule has 0 amide bonds. The fourth-order valence-corrected chi connectivity index (χ4v) is 4.82. The van der Waals surface area contributed by atoms with Gasteiger partial charge in [0.05, 0.1) is 32.5 Å². The fraction of sp³-hybridized carbons (Fsp3) is 0.680. The number of allylic oxidation sites excluding steroid dienone is 1. The second kappa shape index (κ2) is 9.63. The summed E-state index contributed by atoms with van der Waals surface area (Å²) >= 11 is 0. The van der Waals surface area contributed by atoms with Crippen LogP contribution in [0.2, 0.25) is 0 Å². The molecule has 1 aliphatic carbocycles. The van der Waals surface area contributed by atoms with E-state index in [0.717, 1.165) is 30.8 Å². The maximum absolute atomic E-state index is 6.41. The van der Waals surface area contributed by atoms with Crippen molar-refractivity contribution >= 4 is 0 Å². The zero-order valence-corrected chi connectivity index (χ0v) is 18.9. The van der Waals surface area contributed by atoms with E-state index in [4.69, 9.17) is 18.9 Å². The molecule has 0 unspecified atom stereocenters. The SMILES string of the molecule is COc1ccc(CO[C@@H]2C[C@@H](C)[C@]3(CO3)[C@@H](/C(C)=C/CCC(C)C)[C@@H]2OC)cc1. The molecular weight excluding hydrogens is 364 g/mol. The first-order chi connectivity index (χ1) is 13.9. The molecular formula is C25H38O4. The summed E-state index contributed by atoms with van der Waals surface area (Å²) < 4.78 is 23.8. The van der Waals surface area contributed by atoms with Gasteiger partial charge in [0.2, 0.25) is 0 Å². The number of methoxy groups -OCH3 is 2. The lowest BCUT2D eigenvalue weighted by Gasteiger charge is -2.45. The van der Waals surface area contributed by atoms with E-state index in [1.165, 1.54) is 12.0 Å². The minimum Gasteiger partial charge on any atom is -0.497 e. The van der Waals surface area contributed by atoms with Crippen molar-refractivity contribution in [3.8, 4) is 5.75 Å². The number of epoxide rings is 1. The van der Waals surface area contributed by atoms with Crippen LogP contribution in [-0.2, 0) is 20.8 Å². The molecule has 162 valence electrons. The van der Waals surface area contributed by atoms with E-state index >= 15 is 0 Å². The van der Waals surface area contributed by atoms with Gasteiger partial charge in [0.25, 0.3) is 0 Å². The van der Waals surface area contributed by atoms with Crippen LogP contribution in [0.1, 0.15) is 52.5 Å². The Morgan fingerprint density at radius 3 is 2.48 bits per heavy atom. The van der Waals surface area contributed by atoms with Gasteiger partial charge in [-0.1, -0.05) is 44.6 Å². The maximum Gasteiger partial charge on any atom is 0.118 e. The summed E-state index contributed by atoms with van der Waals surface area (Å²) in [6, 6.07) is 8.08. The van der Waals surface area contributed by atoms with E-state index in [2.05, 4.69) is 45.9 Å². The Balaban J connectivity index is 1.72. The first-order valence-corrected chi connectivity index (χ1v) is 11.0. The minimum atomic E-state index is -0.0704. The highest BCUT2D eigenvalue weighted by Gasteiger charge is 2.63. The van der Waals surface area contributed by atoms with Crippen molar-refractivity contribution in [2.24, 2.45) is 17.8 Å². The summed E-state index contributed by atoms with van der Waals surface area (Å²) in [6.45, 7) is 10.5. The van der Waals surface area contributed by atoms with Crippen molar-refractivity contribution < 1.29 is 18.9 Å². The van der Waals surface area contributed by atoms with Crippen LogP contribution in [0.25, 0.3) is 0 Å². The van der Waals surface area contributed by atoms with Crippen LogP contribution in [0.5, 0.6) is 5.75 Å². The first kappa shape index (κ1) is 22.3. The largest absolute Gasteiger partial charge is 0.497 e. The van der Waals surface area contributed by atoms with Gasteiger partial charge in [0, 0.05) is 13.0 Å². The molecule has 3 rings (SSSR count). The molecule has 1 saturated carbocycles. The van der Waals surface area contributed by atoms with Gasteiger partial charge in [-0.05, 0) is 55.7 Å². The van der Waals surface area contributed by atoms with Gasteiger partial charge in [-0.3, -0.25) is 0 Å². The van der Waals surface area contributed by atoms with Crippen LogP contribution in [-0.4, -0.2) is 38.6 Å². The monoisotopic (exact) mass is 402 g/mol. The smallest absolute Gasteiger partial charge is 0.118 e. The summed E-state index contributed by atoms with van der Waals surface area (Å²) in [5.41, 5.74) is 2.47. The fourth-order valence-electron chi connectivity index (χ4n) is 4.82. The molecule has 1 aliphatic heterocycles. The van der Waals surface area contributed by atoms with Gasteiger partial charge < -0.3 is 18.9 Å². The van der Waals surface area contributed by atoms with Crippen molar-refractivity contribution in [1.29, 1.82) is 0 Å². The van der Waals surface area contributed by atoms with Crippen LogP contribution in [0.4, 0.5) is 0 Å². The summed E-state index contributed by atoms with van der Waals surface area (Å²) in [5, 5.41) is 0. The standard InChI is InChI=1S/C25H38O4/c1-17(2)8-7-9-18(3)23-24(27-6)22(14-19(4)25(23)16-29-25)28-15-20-10-12-21(26-5)13-11-20/h9-13,17,19,22-24H,7-8,14-16H2,1-6H3/b18-9+/t19-,22-,23+,24-,25-/m1/s1. The van der Waals surface area contributed by atoms with E-state index in [1.54, 1.807) is 7.11 Å². The Morgan fingerprint density at radius 2 is 1.93 bits per heavy atom. The van der Waals surface area contributed by atoms with E-state index in [-0.39, 0.29) is 23.7 Å². The summed E-state index contributed by atoms with van der Waals surface area (Å²) in [4.78, 5) is 0. The van der Waals surface area contributed by atoms with Gasteiger partial charge in [0.15, 0.2) is 0 Å². The van der Waals surface area contributed by atoms with Gasteiger partial charge >= 0.3 is 0 Å². The summed E-state index contributed by atoms with van der Waals surface area (Å²) in [5.74, 6) is 2.29. The lowest BCUT2D eigenvalue weighted by Crippen LogP contribution is -2.53. The summed E-state index contributed by atoms with van der Waals surface area (Å²) in [7, 11) is 3.50. The molecule has 0 radical (unpaired) electrons. The third-order valence-electron chi connectivity index (χ3n) is 6.72. The van der Waals surface area contributed by atoms with Crippen LogP contribution < -0.4 is 4.74 Å². The third kappa shape index (κ3) is 5.04. The van der Waals surface area contributed by atoms with Gasteiger partial charge in [-0.25, -0.2) is 0 Å². The average molecular weight is 403 g/mol. The molecule has 4 heteroatoms. The molecule has 0 bridgehead atoms. The lowest BCUT2D eigenvalue weighted by atomic mass is 9.67. The predicted molar refractivity (Wildman–Crippen MR) is 116 cm³/mol. The Morgan fingerprint density at radius 1 is 1.24 bits per heavy atom. The number of ether oxygens (including phenoxy) is 4. The summed E-state index contributed by atoms with van der Waals surface area (Å²) in [6.07, 6.45) is 5.76. The topological polar surface area (TPSA) is 40.2 Å². The highest BCUT2D eigenvalue weighted by atomic mass is 16.6. The normalized spacial score (nSPS) is 32.0. The molecule has 1 saturated heterocycles. The number of rotatable bonds is 9. The average Bonchev–Trinajstić information content (AvgIpc) is 3.49. The zero-order chi connectivity index (χ0) is 21.0. The highest BCUT2D eigenvalue weighted by molar-refractivity contribution is 5.27. The van der Waals surface area contributed by atoms with E-state index in [9.17, 15) is 0 Å². The predicted octanol–water partition coefficient (Wildman–Crippen LogP) is 5.40. The van der Waals surface area contributed by atoms with Gasteiger partial charge in [-0.2, -0.15) is 0 Å². The maximum atomic E-state index is 6.41. The Labute approximate surface area is 176 Å². The Kier molecular flexibility index (Phi) is 7.42. The highest BCUT2D eigenvalue weighted by Crippen LogP contribution is 2.53. The van der Waals surface area contributed by atoms with Crippen molar-refractivity contribution in [1.82, 2.24) is 0 Å². The van der Waals surface area contributed by atoms with Crippen molar-refractivity contribution in [2.45, 2.75) is 71.4 Å².